The van der Waals surface area contributed by atoms with E-state index in [2.05, 4.69) is 11.8 Å². The molecule has 5 nitrogen and oxygen atoms in total. The Hall–Kier alpha value is -3.00. The summed E-state index contributed by atoms with van der Waals surface area (Å²) in [5.41, 5.74) is 4.07. The molecule has 1 N–H and O–H groups in total. The van der Waals surface area contributed by atoms with Crippen molar-refractivity contribution in [3.05, 3.63) is 64.2 Å². The molecule has 0 atom stereocenters. The Morgan fingerprint density at radius 1 is 1.08 bits per heavy atom. The standard InChI is InChI=1S/C28H30F3NO4/c1-17-19(13-32-14-21(15-32)27(33)34)6-5-18-11-23(9-10-25(17)18)35-16-20-7-8-24(36-22-3-2-4-22)12-26(20)28(29,30)31/h7-12,21-22H,2-6,13-16H2,1H3,(H,33,34). The summed E-state index contributed by atoms with van der Waals surface area (Å²) in [5.74, 6) is -0.219. The Labute approximate surface area is 208 Å². The van der Waals surface area contributed by atoms with Crippen molar-refractivity contribution in [3.8, 4) is 11.5 Å². The Balaban J connectivity index is 1.25. The van der Waals surface area contributed by atoms with E-state index in [9.17, 15) is 18.0 Å². The van der Waals surface area contributed by atoms with Crippen LogP contribution < -0.4 is 9.47 Å². The molecule has 5 rings (SSSR count). The largest absolute Gasteiger partial charge is 0.490 e. The summed E-state index contributed by atoms with van der Waals surface area (Å²) in [7, 11) is 0. The second-order valence-corrected chi connectivity index (χ2v) is 10.1. The third-order valence-corrected chi connectivity index (χ3v) is 7.56. The van der Waals surface area contributed by atoms with Gasteiger partial charge in [-0.05, 0) is 80.0 Å². The molecule has 0 unspecified atom stereocenters. The third-order valence-electron chi connectivity index (χ3n) is 7.56. The zero-order valence-corrected chi connectivity index (χ0v) is 20.2. The molecule has 0 amide bonds. The summed E-state index contributed by atoms with van der Waals surface area (Å²) in [6.45, 7) is 3.83. The second-order valence-electron chi connectivity index (χ2n) is 10.1. The van der Waals surface area contributed by atoms with Crippen LogP contribution in [0.4, 0.5) is 13.2 Å². The van der Waals surface area contributed by atoms with Crippen molar-refractivity contribution in [3.63, 3.8) is 0 Å². The maximum absolute atomic E-state index is 13.7. The third kappa shape index (κ3) is 5.24. The zero-order chi connectivity index (χ0) is 25.4. The van der Waals surface area contributed by atoms with E-state index in [0.717, 1.165) is 55.8 Å². The van der Waals surface area contributed by atoms with E-state index in [1.54, 1.807) is 12.1 Å². The SMILES string of the molecule is CC1=C(CN2CC(C(=O)O)C2)CCc2cc(OCc3ccc(OC4CCC4)cc3C(F)(F)F)ccc21. The van der Waals surface area contributed by atoms with Gasteiger partial charge in [-0.25, -0.2) is 0 Å². The number of carboxylic acid groups (broad SMARTS) is 1. The number of allylic oxidation sites excluding steroid dienone is 1. The first-order valence-corrected chi connectivity index (χ1v) is 12.4. The van der Waals surface area contributed by atoms with Crippen molar-refractivity contribution in [2.45, 2.75) is 57.9 Å². The Morgan fingerprint density at radius 3 is 2.50 bits per heavy atom. The van der Waals surface area contributed by atoms with Gasteiger partial charge in [-0.15, -0.1) is 0 Å². The number of likely N-dealkylation sites (tertiary alicyclic amines) is 1. The zero-order valence-electron chi connectivity index (χ0n) is 20.2. The number of halogens is 3. The monoisotopic (exact) mass is 501 g/mol. The number of rotatable bonds is 8. The average molecular weight is 502 g/mol. The van der Waals surface area contributed by atoms with Gasteiger partial charge < -0.3 is 14.6 Å². The van der Waals surface area contributed by atoms with Crippen LogP contribution in [0.25, 0.3) is 5.57 Å². The lowest BCUT2D eigenvalue weighted by atomic mass is 9.85. The predicted molar refractivity (Wildman–Crippen MR) is 129 cm³/mol. The molecule has 0 radical (unpaired) electrons. The molecular weight excluding hydrogens is 471 g/mol. The van der Waals surface area contributed by atoms with Crippen LogP contribution in [0.2, 0.25) is 0 Å². The molecular formula is C28H30F3NO4. The molecule has 2 aromatic carbocycles. The number of carboxylic acids is 1. The fraction of sp³-hybridized carbons (Fsp3) is 0.464. The maximum atomic E-state index is 13.7. The van der Waals surface area contributed by atoms with Crippen molar-refractivity contribution in [1.82, 2.24) is 4.90 Å². The quantitative estimate of drug-likeness (QED) is 0.484. The van der Waals surface area contributed by atoms with Crippen molar-refractivity contribution < 1.29 is 32.5 Å². The molecule has 1 heterocycles. The lowest BCUT2D eigenvalue weighted by Crippen LogP contribution is -2.50. The molecule has 1 saturated heterocycles. The van der Waals surface area contributed by atoms with Crippen LogP contribution in [0.5, 0.6) is 11.5 Å². The molecule has 192 valence electrons. The smallest absolute Gasteiger partial charge is 0.416 e. The van der Waals surface area contributed by atoms with Gasteiger partial charge in [0.2, 0.25) is 0 Å². The van der Waals surface area contributed by atoms with E-state index >= 15 is 0 Å². The van der Waals surface area contributed by atoms with Crippen molar-refractivity contribution >= 4 is 11.5 Å². The number of nitrogens with zero attached hydrogens (tertiary/aromatic N) is 1. The Morgan fingerprint density at radius 2 is 1.83 bits per heavy atom. The number of ether oxygens (including phenoxy) is 2. The fourth-order valence-electron chi connectivity index (χ4n) is 5.08. The minimum absolute atomic E-state index is 0.00858. The number of benzene rings is 2. The molecule has 2 aromatic rings. The number of carbonyl (C=O) groups is 1. The first-order valence-electron chi connectivity index (χ1n) is 12.4. The van der Waals surface area contributed by atoms with Crippen LogP contribution in [-0.2, 0) is 24.0 Å². The fourth-order valence-corrected chi connectivity index (χ4v) is 5.08. The van der Waals surface area contributed by atoms with E-state index in [0.29, 0.717) is 18.8 Å². The van der Waals surface area contributed by atoms with Crippen LogP contribution in [-0.4, -0.2) is 41.7 Å². The van der Waals surface area contributed by atoms with Crippen molar-refractivity contribution in [2.24, 2.45) is 5.92 Å². The van der Waals surface area contributed by atoms with E-state index in [4.69, 9.17) is 14.6 Å². The van der Waals surface area contributed by atoms with E-state index < -0.39 is 17.7 Å². The average Bonchev–Trinajstić information content (AvgIpc) is 2.77. The van der Waals surface area contributed by atoms with Gasteiger partial charge in [0.1, 0.15) is 18.1 Å². The maximum Gasteiger partial charge on any atom is 0.416 e. The van der Waals surface area contributed by atoms with Crippen LogP contribution >= 0.6 is 0 Å². The van der Waals surface area contributed by atoms with Crippen LogP contribution in [0.15, 0.2) is 42.0 Å². The number of alkyl halides is 3. The van der Waals surface area contributed by atoms with Crippen LogP contribution in [0.3, 0.4) is 0 Å². The molecule has 0 bridgehead atoms. The Bertz CT molecular complexity index is 1180. The second kappa shape index (κ2) is 9.81. The van der Waals surface area contributed by atoms with Crippen molar-refractivity contribution in [1.29, 1.82) is 0 Å². The summed E-state index contributed by atoms with van der Waals surface area (Å²) in [4.78, 5) is 13.2. The first kappa shape index (κ1) is 24.7. The molecule has 0 spiro atoms. The number of hydrogen-bond donors (Lipinski definition) is 1. The highest BCUT2D eigenvalue weighted by molar-refractivity contribution is 5.73. The molecule has 2 fully saturated rings. The van der Waals surface area contributed by atoms with Gasteiger partial charge in [0.05, 0.1) is 17.6 Å². The number of hydrogen-bond acceptors (Lipinski definition) is 4. The van der Waals surface area contributed by atoms with Gasteiger partial charge in [-0.3, -0.25) is 9.69 Å². The number of fused-ring (bicyclic) bond motifs is 1. The van der Waals surface area contributed by atoms with Crippen LogP contribution in [0, 0.1) is 5.92 Å². The summed E-state index contributed by atoms with van der Waals surface area (Å²) < 4.78 is 52.6. The molecule has 0 aromatic heterocycles. The van der Waals surface area contributed by atoms with E-state index in [1.807, 2.05) is 12.1 Å². The highest BCUT2D eigenvalue weighted by Gasteiger charge is 2.35. The molecule has 2 aliphatic carbocycles. The first-order chi connectivity index (χ1) is 17.2. The van der Waals surface area contributed by atoms with Gasteiger partial charge in [-0.2, -0.15) is 13.2 Å². The highest BCUT2D eigenvalue weighted by Crippen LogP contribution is 2.37. The Kier molecular flexibility index (Phi) is 6.72. The van der Waals surface area contributed by atoms with E-state index in [-0.39, 0.29) is 29.9 Å². The minimum atomic E-state index is -4.49. The summed E-state index contributed by atoms with van der Waals surface area (Å²) in [6, 6.07) is 9.80. The van der Waals surface area contributed by atoms with Gasteiger partial charge in [-0.1, -0.05) is 17.7 Å². The molecule has 1 aliphatic heterocycles. The van der Waals surface area contributed by atoms with Crippen molar-refractivity contribution in [2.75, 3.05) is 19.6 Å². The number of aryl methyl sites for hydroxylation is 1. The topological polar surface area (TPSA) is 59.0 Å². The van der Waals surface area contributed by atoms with E-state index in [1.165, 1.54) is 17.2 Å². The molecule has 8 heteroatoms. The lowest BCUT2D eigenvalue weighted by molar-refractivity contribution is -0.147. The lowest BCUT2D eigenvalue weighted by Gasteiger charge is -2.38. The van der Waals surface area contributed by atoms with Gasteiger partial charge in [0, 0.05) is 25.2 Å². The summed E-state index contributed by atoms with van der Waals surface area (Å²) >= 11 is 0. The normalized spacial score (nSPS) is 18.9. The van der Waals surface area contributed by atoms with Gasteiger partial charge in [0.25, 0.3) is 0 Å². The number of aliphatic carboxylic acids is 1. The molecule has 36 heavy (non-hydrogen) atoms. The van der Waals surface area contributed by atoms with Gasteiger partial charge in [0.15, 0.2) is 0 Å². The predicted octanol–water partition coefficient (Wildman–Crippen LogP) is 5.95. The summed E-state index contributed by atoms with van der Waals surface area (Å²) in [5, 5.41) is 9.08. The highest BCUT2D eigenvalue weighted by atomic mass is 19.4. The van der Waals surface area contributed by atoms with Gasteiger partial charge >= 0.3 is 12.1 Å². The summed E-state index contributed by atoms with van der Waals surface area (Å²) in [6.07, 6.45) is 0.00904. The molecule has 1 saturated carbocycles. The minimum Gasteiger partial charge on any atom is -0.490 e. The molecule has 3 aliphatic rings. The van der Waals surface area contributed by atoms with Crippen LogP contribution in [0.1, 0.15) is 54.9 Å².